The molecule has 1 aliphatic heterocycles. The van der Waals surface area contributed by atoms with Crippen LogP contribution in [0.15, 0.2) is 70.6 Å². The van der Waals surface area contributed by atoms with Crippen molar-refractivity contribution in [1.29, 1.82) is 0 Å². The highest BCUT2D eigenvalue weighted by molar-refractivity contribution is 7.92. The van der Waals surface area contributed by atoms with Crippen LogP contribution in [0.25, 0.3) is 0 Å². The minimum atomic E-state index is -3.55. The summed E-state index contributed by atoms with van der Waals surface area (Å²) in [5.74, 6) is 0. The van der Waals surface area contributed by atoms with E-state index in [1.54, 1.807) is 41.8 Å². The largest absolute Gasteiger partial charge is 0.266 e. The van der Waals surface area contributed by atoms with Crippen LogP contribution in [0.2, 0.25) is 0 Å². The summed E-state index contributed by atoms with van der Waals surface area (Å²) >= 11 is 1.67. The molecule has 0 spiro atoms. The van der Waals surface area contributed by atoms with Gasteiger partial charge in [0.05, 0.1) is 16.3 Å². The number of thiophene rings is 1. The number of anilines is 1. The van der Waals surface area contributed by atoms with Gasteiger partial charge >= 0.3 is 0 Å². The lowest BCUT2D eigenvalue weighted by molar-refractivity contribution is 0.592. The zero-order valence-corrected chi connectivity index (χ0v) is 15.9. The topological polar surface area (TPSA) is 49.7 Å². The van der Waals surface area contributed by atoms with Gasteiger partial charge in [0.2, 0.25) is 0 Å². The minimum absolute atomic E-state index is 0.292. The van der Waals surface area contributed by atoms with E-state index in [0.717, 1.165) is 28.2 Å². The van der Waals surface area contributed by atoms with Gasteiger partial charge in [-0.3, -0.25) is 9.30 Å². The molecule has 4 rings (SSSR count). The maximum Gasteiger partial charge on any atom is 0.264 e. The minimum Gasteiger partial charge on any atom is -0.266 e. The van der Waals surface area contributed by atoms with Gasteiger partial charge in [-0.1, -0.05) is 18.2 Å². The lowest BCUT2D eigenvalue weighted by Gasteiger charge is -2.19. The van der Waals surface area contributed by atoms with Crippen LogP contribution in [-0.2, 0) is 16.4 Å². The van der Waals surface area contributed by atoms with Gasteiger partial charge in [-0.05, 0) is 61.4 Å². The normalized spacial score (nSPS) is 14.1. The van der Waals surface area contributed by atoms with Gasteiger partial charge in [0.25, 0.3) is 10.0 Å². The monoisotopic (exact) mass is 382 g/mol. The van der Waals surface area contributed by atoms with Crippen LogP contribution >= 0.6 is 11.3 Å². The fourth-order valence-electron chi connectivity index (χ4n) is 3.05. The highest BCUT2D eigenvalue weighted by Gasteiger charge is 2.30. The van der Waals surface area contributed by atoms with Gasteiger partial charge in [-0.2, -0.15) is 0 Å². The molecule has 0 saturated carbocycles. The molecule has 132 valence electrons. The smallest absolute Gasteiger partial charge is 0.264 e. The molecular weight excluding hydrogens is 364 g/mol. The summed E-state index contributed by atoms with van der Waals surface area (Å²) in [5, 5.41) is 0. The van der Waals surface area contributed by atoms with Gasteiger partial charge < -0.3 is 0 Å². The van der Waals surface area contributed by atoms with Crippen molar-refractivity contribution in [3.8, 4) is 0 Å². The first-order valence-electron chi connectivity index (χ1n) is 8.35. The standard InChI is InChI=1S/C20H18N2O2S2/c1-15-6-9-18(25-15)14-21-17-7-10-19(11-8-17)26(23,24)22-13-12-16-4-2-3-5-20(16)22/h2-11,14H,12-13H2,1H3. The summed E-state index contributed by atoms with van der Waals surface area (Å²) < 4.78 is 27.5. The van der Waals surface area contributed by atoms with Crippen molar-refractivity contribution in [2.24, 2.45) is 4.99 Å². The number of aryl methyl sites for hydroxylation is 1. The van der Waals surface area contributed by atoms with Crippen LogP contribution < -0.4 is 4.31 Å². The summed E-state index contributed by atoms with van der Waals surface area (Å²) in [6, 6.07) is 18.5. The van der Waals surface area contributed by atoms with Gasteiger partial charge in [-0.15, -0.1) is 11.3 Å². The lowest BCUT2D eigenvalue weighted by atomic mass is 10.2. The maximum atomic E-state index is 13.0. The number of hydrogen-bond acceptors (Lipinski definition) is 4. The average Bonchev–Trinajstić information content (AvgIpc) is 3.26. The molecule has 0 unspecified atom stereocenters. The van der Waals surface area contributed by atoms with E-state index >= 15 is 0 Å². The van der Waals surface area contributed by atoms with Crippen molar-refractivity contribution in [3.05, 3.63) is 76.0 Å². The predicted molar refractivity (Wildman–Crippen MR) is 107 cm³/mol. The Balaban J connectivity index is 1.57. The Bertz CT molecular complexity index is 1070. The molecule has 6 heteroatoms. The molecule has 2 heterocycles. The molecule has 0 saturated heterocycles. The Labute approximate surface area is 157 Å². The molecule has 0 amide bonds. The first kappa shape index (κ1) is 17.0. The van der Waals surface area contributed by atoms with E-state index < -0.39 is 10.0 Å². The fourth-order valence-corrected chi connectivity index (χ4v) is 5.30. The number of rotatable bonds is 4. The van der Waals surface area contributed by atoms with E-state index in [9.17, 15) is 8.42 Å². The molecular formula is C20H18N2O2S2. The van der Waals surface area contributed by atoms with Crippen molar-refractivity contribution >= 4 is 38.9 Å². The number of sulfonamides is 1. The van der Waals surface area contributed by atoms with E-state index in [4.69, 9.17) is 0 Å². The number of aliphatic imine (C=N–C) groups is 1. The van der Waals surface area contributed by atoms with E-state index in [0.29, 0.717) is 11.4 Å². The average molecular weight is 383 g/mol. The molecule has 0 aliphatic carbocycles. The molecule has 1 aromatic heterocycles. The van der Waals surface area contributed by atoms with Crippen LogP contribution in [0.5, 0.6) is 0 Å². The summed E-state index contributed by atoms with van der Waals surface area (Å²) in [6.07, 6.45) is 2.55. The third-order valence-electron chi connectivity index (χ3n) is 4.37. The third-order valence-corrected chi connectivity index (χ3v) is 7.13. The van der Waals surface area contributed by atoms with Crippen LogP contribution in [0.4, 0.5) is 11.4 Å². The Kier molecular flexibility index (Phi) is 4.38. The Morgan fingerprint density at radius 2 is 1.81 bits per heavy atom. The Hall–Kier alpha value is -2.44. The Morgan fingerprint density at radius 3 is 2.54 bits per heavy atom. The SMILES string of the molecule is Cc1ccc(C=Nc2ccc(S(=O)(=O)N3CCc4ccccc43)cc2)s1. The van der Waals surface area contributed by atoms with E-state index in [-0.39, 0.29) is 0 Å². The second-order valence-corrected chi connectivity index (χ2v) is 9.34. The van der Waals surface area contributed by atoms with E-state index in [2.05, 4.69) is 18.0 Å². The van der Waals surface area contributed by atoms with Gasteiger partial charge in [0.1, 0.15) is 0 Å². The van der Waals surface area contributed by atoms with Gasteiger partial charge in [-0.25, -0.2) is 8.42 Å². The zero-order valence-electron chi connectivity index (χ0n) is 14.3. The molecule has 2 aromatic carbocycles. The molecule has 0 radical (unpaired) electrons. The first-order chi connectivity index (χ1) is 12.5. The quantitative estimate of drug-likeness (QED) is 0.621. The molecule has 0 atom stereocenters. The fraction of sp³-hybridized carbons (Fsp3) is 0.150. The summed E-state index contributed by atoms with van der Waals surface area (Å²) in [6.45, 7) is 2.54. The molecule has 0 N–H and O–H groups in total. The molecule has 4 nitrogen and oxygen atoms in total. The van der Waals surface area contributed by atoms with Gasteiger partial charge in [0, 0.05) is 22.5 Å². The van der Waals surface area contributed by atoms with Crippen LogP contribution in [0, 0.1) is 6.92 Å². The number of nitrogens with zero attached hydrogens (tertiary/aromatic N) is 2. The second-order valence-electron chi connectivity index (χ2n) is 6.16. The van der Waals surface area contributed by atoms with Crippen molar-refractivity contribution in [1.82, 2.24) is 0 Å². The summed E-state index contributed by atoms with van der Waals surface area (Å²) in [5.41, 5.74) is 2.59. The molecule has 26 heavy (non-hydrogen) atoms. The summed E-state index contributed by atoms with van der Waals surface area (Å²) in [7, 11) is -3.55. The van der Waals surface area contributed by atoms with Crippen molar-refractivity contribution in [3.63, 3.8) is 0 Å². The zero-order chi connectivity index (χ0) is 18.1. The van der Waals surface area contributed by atoms with Crippen LogP contribution in [0.3, 0.4) is 0 Å². The molecule has 0 bridgehead atoms. The number of benzene rings is 2. The predicted octanol–water partition coefficient (Wildman–Crippen LogP) is 4.56. The first-order valence-corrected chi connectivity index (χ1v) is 10.6. The Morgan fingerprint density at radius 1 is 1.04 bits per heavy atom. The number of fused-ring (bicyclic) bond motifs is 1. The molecule has 1 aliphatic rings. The molecule has 3 aromatic rings. The van der Waals surface area contributed by atoms with E-state index in [1.165, 1.54) is 9.18 Å². The third kappa shape index (κ3) is 3.18. The highest BCUT2D eigenvalue weighted by atomic mass is 32.2. The second kappa shape index (κ2) is 6.70. The van der Waals surface area contributed by atoms with Crippen molar-refractivity contribution in [2.45, 2.75) is 18.2 Å². The van der Waals surface area contributed by atoms with E-state index in [1.807, 2.05) is 30.3 Å². The van der Waals surface area contributed by atoms with Crippen LogP contribution in [0.1, 0.15) is 15.3 Å². The van der Waals surface area contributed by atoms with Crippen molar-refractivity contribution < 1.29 is 8.42 Å². The maximum absolute atomic E-state index is 13.0. The van der Waals surface area contributed by atoms with Crippen LogP contribution in [-0.4, -0.2) is 21.2 Å². The number of hydrogen-bond donors (Lipinski definition) is 0. The highest BCUT2D eigenvalue weighted by Crippen LogP contribution is 2.33. The molecule has 0 fully saturated rings. The van der Waals surface area contributed by atoms with Gasteiger partial charge in [0.15, 0.2) is 0 Å². The number of para-hydroxylation sites is 1. The lowest BCUT2D eigenvalue weighted by Crippen LogP contribution is -2.29. The van der Waals surface area contributed by atoms with Crippen molar-refractivity contribution in [2.75, 3.05) is 10.8 Å². The summed E-state index contributed by atoms with van der Waals surface area (Å²) in [4.78, 5) is 7.03.